The van der Waals surface area contributed by atoms with Crippen molar-refractivity contribution in [1.29, 1.82) is 0 Å². The van der Waals surface area contributed by atoms with Crippen molar-refractivity contribution in [1.82, 2.24) is 9.55 Å². The topological polar surface area (TPSA) is 24.3 Å². The molecule has 2 aliphatic rings. The molecular weight excluding hydrogens is 356 g/mol. The van der Waals surface area contributed by atoms with Crippen LogP contribution in [0, 0.1) is 6.92 Å². The van der Waals surface area contributed by atoms with E-state index >= 15 is 0 Å². The minimum absolute atomic E-state index is 0.217. The van der Waals surface area contributed by atoms with Crippen LogP contribution in [0.25, 0.3) is 16.7 Å². The van der Waals surface area contributed by atoms with Crippen molar-refractivity contribution in [2.24, 2.45) is 0 Å². The van der Waals surface area contributed by atoms with E-state index in [1.54, 1.807) is 0 Å². The highest BCUT2D eigenvalue weighted by molar-refractivity contribution is 5.81. The van der Waals surface area contributed by atoms with Crippen LogP contribution in [0.1, 0.15) is 23.9 Å². The van der Waals surface area contributed by atoms with Crippen LogP contribution < -0.4 is 9.80 Å². The van der Waals surface area contributed by atoms with Gasteiger partial charge in [0.05, 0.1) is 16.7 Å². The summed E-state index contributed by atoms with van der Waals surface area (Å²) in [6, 6.07) is 23.6. The van der Waals surface area contributed by atoms with Crippen LogP contribution in [0.4, 0.5) is 11.4 Å². The molecule has 4 aromatic rings. The molecule has 0 fully saturated rings. The number of rotatable bonds is 2. The Kier molecular flexibility index (Phi) is 3.39. The fourth-order valence-corrected chi connectivity index (χ4v) is 4.72. The summed E-state index contributed by atoms with van der Waals surface area (Å²) < 4.78 is 2.33. The molecule has 142 valence electrons. The molecule has 0 bridgehead atoms. The highest BCUT2D eigenvalue weighted by atomic mass is 15.4. The SMILES string of the molecule is Cc1cc2c(cc1N1C=CN(c3ccccc3)[C@@H]1C)-n1c(nc3ccccc31)C2. The summed E-state index contributed by atoms with van der Waals surface area (Å²) in [5.74, 6) is 1.13. The van der Waals surface area contributed by atoms with Crippen LogP contribution in [-0.2, 0) is 6.42 Å². The number of hydrogen-bond donors (Lipinski definition) is 0. The number of imidazole rings is 1. The van der Waals surface area contributed by atoms with Crippen molar-refractivity contribution in [2.75, 3.05) is 9.80 Å². The minimum Gasteiger partial charge on any atom is -0.326 e. The Labute approximate surface area is 170 Å². The quantitative estimate of drug-likeness (QED) is 0.412. The summed E-state index contributed by atoms with van der Waals surface area (Å²) in [5.41, 5.74) is 8.62. The average molecular weight is 378 g/mol. The van der Waals surface area contributed by atoms with Crippen LogP contribution in [0.2, 0.25) is 0 Å². The molecule has 2 aliphatic heterocycles. The smallest absolute Gasteiger partial charge is 0.118 e. The largest absolute Gasteiger partial charge is 0.326 e. The molecule has 4 heteroatoms. The van der Waals surface area contributed by atoms with Gasteiger partial charge >= 0.3 is 0 Å². The lowest BCUT2D eigenvalue weighted by molar-refractivity contribution is 0.748. The van der Waals surface area contributed by atoms with Crippen molar-refractivity contribution >= 4 is 22.4 Å². The van der Waals surface area contributed by atoms with Crippen LogP contribution in [-0.4, -0.2) is 15.7 Å². The van der Waals surface area contributed by atoms with Gasteiger partial charge in [-0.3, -0.25) is 4.57 Å². The summed E-state index contributed by atoms with van der Waals surface area (Å²) in [5, 5.41) is 0. The Balaban J connectivity index is 1.44. The number of nitrogens with zero attached hydrogens (tertiary/aromatic N) is 4. The molecule has 6 rings (SSSR count). The van der Waals surface area contributed by atoms with Gasteiger partial charge in [0.2, 0.25) is 0 Å². The maximum absolute atomic E-state index is 4.86. The number of para-hydroxylation sites is 3. The Morgan fingerprint density at radius 2 is 1.62 bits per heavy atom. The van der Waals surface area contributed by atoms with E-state index in [4.69, 9.17) is 4.98 Å². The summed E-state index contributed by atoms with van der Waals surface area (Å²) in [6.07, 6.45) is 5.47. The second kappa shape index (κ2) is 5.98. The standard InChI is InChI=1S/C25H22N4/c1-17-14-19-15-25-26-21-10-6-7-11-22(21)29(25)24(19)16-23(17)28-13-12-27(18(28)2)20-8-4-3-5-9-20/h3-14,16,18H,15H2,1-2H3/t18-/m0/s1. The number of benzene rings is 3. The molecule has 0 saturated heterocycles. The van der Waals surface area contributed by atoms with Crippen molar-refractivity contribution in [3.05, 3.63) is 96.1 Å². The number of aryl methyl sites for hydroxylation is 1. The van der Waals surface area contributed by atoms with E-state index in [1.165, 1.54) is 33.7 Å². The fourth-order valence-electron chi connectivity index (χ4n) is 4.72. The highest BCUT2D eigenvalue weighted by Crippen LogP contribution is 2.38. The zero-order valence-electron chi connectivity index (χ0n) is 16.6. The first kappa shape index (κ1) is 16.4. The van der Waals surface area contributed by atoms with Gasteiger partial charge in [-0.2, -0.15) is 0 Å². The number of aromatic nitrogens is 2. The van der Waals surface area contributed by atoms with E-state index in [9.17, 15) is 0 Å². The first-order valence-electron chi connectivity index (χ1n) is 10.1. The third kappa shape index (κ3) is 2.35. The van der Waals surface area contributed by atoms with Crippen LogP contribution in [0.5, 0.6) is 0 Å². The van der Waals surface area contributed by atoms with Gasteiger partial charge in [-0.25, -0.2) is 4.98 Å². The third-order valence-electron chi connectivity index (χ3n) is 6.14. The van der Waals surface area contributed by atoms with Crippen LogP contribution >= 0.6 is 0 Å². The first-order valence-corrected chi connectivity index (χ1v) is 10.1. The molecule has 29 heavy (non-hydrogen) atoms. The number of fused-ring (bicyclic) bond motifs is 5. The summed E-state index contributed by atoms with van der Waals surface area (Å²) in [6.45, 7) is 4.46. The molecule has 0 spiro atoms. The van der Waals surface area contributed by atoms with Gasteiger partial charge in [0.1, 0.15) is 12.0 Å². The van der Waals surface area contributed by atoms with Gasteiger partial charge < -0.3 is 9.80 Å². The number of anilines is 2. The Morgan fingerprint density at radius 1 is 0.862 bits per heavy atom. The van der Waals surface area contributed by atoms with E-state index in [0.717, 1.165) is 17.8 Å². The monoisotopic (exact) mass is 378 g/mol. The highest BCUT2D eigenvalue weighted by Gasteiger charge is 2.28. The lowest BCUT2D eigenvalue weighted by Crippen LogP contribution is -2.36. The molecule has 0 amide bonds. The molecule has 3 heterocycles. The van der Waals surface area contributed by atoms with Crippen molar-refractivity contribution < 1.29 is 0 Å². The lowest BCUT2D eigenvalue weighted by atomic mass is 10.1. The molecule has 1 aromatic heterocycles. The molecule has 0 saturated carbocycles. The predicted octanol–water partition coefficient (Wildman–Crippen LogP) is 5.38. The van der Waals surface area contributed by atoms with Crippen LogP contribution in [0.3, 0.4) is 0 Å². The fraction of sp³-hybridized carbons (Fsp3) is 0.160. The molecule has 0 unspecified atom stereocenters. The Morgan fingerprint density at radius 3 is 2.48 bits per heavy atom. The molecule has 1 atom stereocenters. The number of hydrogen-bond acceptors (Lipinski definition) is 3. The van der Waals surface area contributed by atoms with E-state index in [-0.39, 0.29) is 6.17 Å². The zero-order valence-corrected chi connectivity index (χ0v) is 16.6. The third-order valence-corrected chi connectivity index (χ3v) is 6.14. The van der Waals surface area contributed by atoms with E-state index in [0.29, 0.717) is 0 Å². The van der Waals surface area contributed by atoms with Crippen LogP contribution in [0.15, 0.2) is 79.1 Å². The van der Waals surface area contributed by atoms with E-state index in [1.807, 2.05) is 0 Å². The van der Waals surface area contributed by atoms with Gasteiger partial charge in [0.25, 0.3) is 0 Å². The first-order chi connectivity index (χ1) is 14.2. The Bertz CT molecular complexity index is 1270. The van der Waals surface area contributed by atoms with Gasteiger partial charge in [-0.15, -0.1) is 0 Å². The van der Waals surface area contributed by atoms with Gasteiger partial charge in [-0.05, 0) is 55.3 Å². The summed E-state index contributed by atoms with van der Waals surface area (Å²) >= 11 is 0. The maximum atomic E-state index is 4.86. The summed E-state index contributed by atoms with van der Waals surface area (Å²) in [7, 11) is 0. The molecule has 0 aliphatic carbocycles. The molecule has 4 nitrogen and oxygen atoms in total. The van der Waals surface area contributed by atoms with E-state index < -0.39 is 0 Å². The molecule has 3 aromatic carbocycles. The molecule has 0 radical (unpaired) electrons. The van der Waals surface area contributed by atoms with E-state index in [2.05, 4.69) is 107 Å². The summed E-state index contributed by atoms with van der Waals surface area (Å²) in [4.78, 5) is 9.53. The van der Waals surface area contributed by atoms with Crippen molar-refractivity contribution in [3.63, 3.8) is 0 Å². The normalized spacial score (nSPS) is 17.2. The van der Waals surface area contributed by atoms with Gasteiger partial charge in [-0.1, -0.05) is 36.4 Å². The average Bonchev–Trinajstić information content (AvgIpc) is 3.39. The lowest BCUT2D eigenvalue weighted by Gasteiger charge is -2.31. The van der Waals surface area contributed by atoms with Crippen molar-refractivity contribution in [3.8, 4) is 5.69 Å². The second-order valence-corrected chi connectivity index (χ2v) is 7.88. The van der Waals surface area contributed by atoms with Gasteiger partial charge in [0, 0.05) is 30.2 Å². The second-order valence-electron chi connectivity index (χ2n) is 7.88. The molecular formula is C25H22N4. The maximum Gasteiger partial charge on any atom is 0.118 e. The zero-order chi connectivity index (χ0) is 19.5. The van der Waals surface area contributed by atoms with Crippen molar-refractivity contribution in [2.45, 2.75) is 26.4 Å². The predicted molar refractivity (Wildman–Crippen MR) is 119 cm³/mol. The minimum atomic E-state index is 0.217. The molecule has 0 N–H and O–H groups in total. The van der Waals surface area contributed by atoms with Gasteiger partial charge in [0.15, 0.2) is 0 Å². The Hall–Kier alpha value is -3.53.